The maximum Gasteiger partial charge on any atom is 0.169 e. The maximum absolute atomic E-state index is 10.4. The van der Waals surface area contributed by atoms with Gasteiger partial charge in [0.25, 0.3) is 0 Å². The zero-order valence-electron chi connectivity index (χ0n) is 14.3. The third-order valence-electron chi connectivity index (χ3n) is 4.67. The molecule has 10 atom stereocenters. The van der Waals surface area contributed by atoms with Crippen molar-refractivity contribution >= 4 is 0 Å². The van der Waals surface area contributed by atoms with Gasteiger partial charge >= 0.3 is 0 Å². The van der Waals surface area contributed by atoms with Crippen molar-refractivity contribution in [1.82, 2.24) is 0 Å². The van der Waals surface area contributed by atoms with E-state index in [9.17, 15) is 25.5 Å². The smallest absolute Gasteiger partial charge is 0.169 e. The Kier molecular flexibility index (Phi) is 7.62. The Morgan fingerprint density at radius 2 is 1.46 bits per heavy atom. The minimum Gasteiger partial charge on any atom is -0.394 e. The lowest BCUT2D eigenvalue weighted by molar-refractivity contribution is -0.293. The molecule has 5 N–H and O–H groups in total. The number of hydrogen-bond acceptors (Lipinski definition) is 10. The third-order valence-corrected chi connectivity index (χ3v) is 4.67. The van der Waals surface area contributed by atoms with E-state index >= 15 is 0 Å². The fourth-order valence-electron chi connectivity index (χ4n) is 3.22. The molecule has 2 aliphatic rings. The van der Waals surface area contributed by atoms with Crippen molar-refractivity contribution in [2.75, 3.05) is 6.61 Å². The van der Waals surface area contributed by atoms with Crippen molar-refractivity contribution in [3.63, 3.8) is 0 Å². The van der Waals surface area contributed by atoms with Crippen LogP contribution in [0.1, 0.15) is 6.42 Å². The first-order chi connectivity index (χ1) is 13.4. The summed E-state index contributed by atoms with van der Waals surface area (Å²) in [5, 5.41) is 60.0. The fourth-order valence-corrected chi connectivity index (χ4v) is 3.22. The third kappa shape index (κ3) is 4.38. The predicted octanol–water partition coefficient (Wildman–Crippen LogP) is -1.03. The van der Waals surface area contributed by atoms with Crippen LogP contribution in [-0.4, -0.2) is 93.2 Å². The van der Waals surface area contributed by atoms with Crippen molar-refractivity contribution < 1.29 is 35.0 Å². The molecule has 16 heteroatoms. The summed E-state index contributed by atoms with van der Waals surface area (Å²) in [6.07, 6.45) is -10.9. The quantitative estimate of drug-likeness (QED) is 0.209. The van der Waals surface area contributed by atoms with Crippen LogP contribution in [-0.2, 0) is 9.47 Å². The molecule has 0 spiro atoms. The fraction of sp³-hybridized carbons (Fsp3) is 1.00. The molecule has 0 amide bonds. The van der Waals surface area contributed by atoms with E-state index in [2.05, 4.69) is 30.1 Å². The van der Waals surface area contributed by atoms with Crippen molar-refractivity contribution in [3.8, 4) is 0 Å². The molecule has 0 radical (unpaired) electrons. The Morgan fingerprint density at radius 1 is 0.857 bits per heavy atom. The number of nitrogens with zero attached hydrogens (tertiary/aromatic N) is 9. The summed E-state index contributed by atoms with van der Waals surface area (Å²) in [5.74, 6) is 0. The van der Waals surface area contributed by atoms with Gasteiger partial charge in [-0.05, 0) is 23.0 Å². The lowest BCUT2D eigenvalue weighted by atomic mass is 9.84. The molecule has 0 unspecified atom stereocenters. The lowest BCUT2D eigenvalue weighted by Crippen LogP contribution is -2.62. The molecule has 2 fully saturated rings. The number of azide groups is 3. The normalized spacial score (nSPS) is 43.2. The van der Waals surface area contributed by atoms with Crippen LogP contribution in [0.5, 0.6) is 0 Å². The van der Waals surface area contributed by atoms with Crippen LogP contribution in [0.25, 0.3) is 31.3 Å². The predicted molar refractivity (Wildman–Crippen MR) is 88.1 cm³/mol. The van der Waals surface area contributed by atoms with Gasteiger partial charge in [-0.3, -0.25) is 0 Å². The van der Waals surface area contributed by atoms with Crippen LogP contribution in [0, 0.1) is 0 Å². The summed E-state index contributed by atoms with van der Waals surface area (Å²) in [6.45, 7) is -0.699. The van der Waals surface area contributed by atoms with Crippen LogP contribution in [0.4, 0.5) is 0 Å². The van der Waals surface area contributed by atoms with Crippen LogP contribution in [0.15, 0.2) is 15.3 Å². The van der Waals surface area contributed by atoms with E-state index in [1.54, 1.807) is 0 Å². The van der Waals surface area contributed by atoms with Crippen LogP contribution >= 0.6 is 0 Å². The number of aliphatic hydroxyl groups is 5. The first kappa shape index (κ1) is 21.9. The molecule has 154 valence electrons. The van der Waals surface area contributed by atoms with E-state index in [0.29, 0.717) is 0 Å². The second-order valence-electron chi connectivity index (χ2n) is 6.26. The second-order valence-corrected chi connectivity index (χ2v) is 6.26. The standard InChI is InChI=1S/C12H19N9O7/c13-19-16-3-1-4(17-20-14)11(10(26)7(3)23)28-12-6(18-21-15)9(25)8(24)5(2-22)27-12/h3-12,22-26H,1-2H2/t3-,4+,5-,6-,7+,8-,9-,10-,11-,12-/m1/s1. The van der Waals surface area contributed by atoms with Gasteiger partial charge < -0.3 is 35.0 Å². The molecular formula is C12H19N9O7. The highest BCUT2D eigenvalue weighted by atomic mass is 16.7. The largest absolute Gasteiger partial charge is 0.394 e. The monoisotopic (exact) mass is 401 g/mol. The molecule has 2 rings (SSSR count). The first-order valence-electron chi connectivity index (χ1n) is 8.16. The molecule has 1 aliphatic heterocycles. The molecule has 1 heterocycles. The SMILES string of the molecule is [N-]=[N+]=N[C@H]1[C@@H](O[C@H]2[C@H](O)[C@@H](O)[C@H](N=[N+]=[N-])C[C@@H]2N=[N+]=[N-])O[C@H](CO)[C@@H](O)[C@@H]1O. The maximum atomic E-state index is 10.4. The summed E-state index contributed by atoms with van der Waals surface area (Å²) >= 11 is 0. The van der Waals surface area contributed by atoms with E-state index in [1.807, 2.05) is 0 Å². The molecule has 0 aromatic rings. The Balaban J connectivity index is 2.31. The van der Waals surface area contributed by atoms with E-state index in [-0.39, 0.29) is 6.42 Å². The molecule has 0 aromatic heterocycles. The van der Waals surface area contributed by atoms with Gasteiger partial charge in [-0.25, -0.2) is 0 Å². The number of ether oxygens (including phenoxy) is 2. The second kappa shape index (κ2) is 9.73. The van der Waals surface area contributed by atoms with Gasteiger partial charge in [0.1, 0.15) is 24.4 Å². The van der Waals surface area contributed by atoms with Crippen LogP contribution < -0.4 is 0 Å². The average Bonchev–Trinajstić information content (AvgIpc) is 2.68. The van der Waals surface area contributed by atoms with Gasteiger partial charge in [-0.1, -0.05) is 15.3 Å². The number of aliphatic hydroxyl groups excluding tert-OH is 5. The highest BCUT2D eigenvalue weighted by Gasteiger charge is 2.49. The van der Waals surface area contributed by atoms with E-state index in [4.69, 9.17) is 26.1 Å². The van der Waals surface area contributed by atoms with Crippen molar-refractivity contribution in [3.05, 3.63) is 31.3 Å². The zero-order valence-corrected chi connectivity index (χ0v) is 14.3. The van der Waals surface area contributed by atoms with Gasteiger partial charge in [0.05, 0.1) is 37.0 Å². The Hall–Kier alpha value is -2.35. The summed E-state index contributed by atoms with van der Waals surface area (Å²) in [6, 6.07) is -3.66. The molecule has 1 saturated carbocycles. The van der Waals surface area contributed by atoms with E-state index in [0.717, 1.165) is 0 Å². The van der Waals surface area contributed by atoms with Crippen LogP contribution in [0.3, 0.4) is 0 Å². The number of hydrogen-bond donors (Lipinski definition) is 5. The summed E-state index contributed by atoms with van der Waals surface area (Å²) in [4.78, 5) is 7.75. The zero-order chi connectivity index (χ0) is 20.8. The Bertz CT molecular complexity index is 693. The van der Waals surface area contributed by atoms with Crippen molar-refractivity contribution in [2.45, 2.75) is 67.5 Å². The molecule has 16 nitrogen and oxygen atoms in total. The Labute approximate surface area is 156 Å². The lowest BCUT2D eigenvalue weighted by Gasteiger charge is -2.45. The number of rotatable bonds is 6. The van der Waals surface area contributed by atoms with Crippen molar-refractivity contribution in [2.24, 2.45) is 15.3 Å². The molecule has 0 bridgehead atoms. The molecule has 28 heavy (non-hydrogen) atoms. The van der Waals surface area contributed by atoms with E-state index in [1.165, 1.54) is 0 Å². The van der Waals surface area contributed by atoms with Gasteiger partial charge in [-0.2, -0.15) is 0 Å². The average molecular weight is 401 g/mol. The van der Waals surface area contributed by atoms with Gasteiger partial charge in [-0.15, -0.1) is 0 Å². The molecule has 1 aliphatic carbocycles. The molecule has 1 saturated heterocycles. The van der Waals surface area contributed by atoms with Gasteiger partial charge in [0.15, 0.2) is 6.29 Å². The topological polar surface area (TPSA) is 266 Å². The summed E-state index contributed by atoms with van der Waals surface area (Å²) < 4.78 is 10.9. The minimum absolute atomic E-state index is 0.162. The molecular weight excluding hydrogens is 382 g/mol. The highest BCUT2D eigenvalue weighted by Crippen LogP contribution is 2.32. The van der Waals surface area contributed by atoms with Crippen LogP contribution in [0.2, 0.25) is 0 Å². The van der Waals surface area contributed by atoms with E-state index < -0.39 is 67.6 Å². The minimum atomic E-state index is -1.69. The highest BCUT2D eigenvalue weighted by molar-refractivity contribution is 5.02. The van der Waals surface area contributed by atoms with Gasteiger partial charge in [0.2, 0.25) is 0 Å². The summed E-state index contributed by atoms with van der Waals surface area (Å²) in [7, 11) is 0. The van der Waals surface area contributed by atoms with Crippen molar-refractivity contribution in [1.29, 1.82) is 0 Å². The summed E-state index contributed by atoms with van der Waals surface area (Å²) in [5.41, 5.74) is 26.0. The molecule has 0 aromatic carbocycles. The van der Waals surface area contributed by atoms with Gasteiger partial charge in [0, 0.05) is 14.7 Å². The Morgan fingerprint density at radius 3 is 2.04 bits per heavy atom. The first-order valence-corrected chi connectivity index (χ1v) is 8.16.